The Bertz CT molecular complexity index is 1330. The van der Waals surface area contributed by atoms with E-state index in [1.54, 1.807) is 14.2 Å². The first-order valence-corrected chi connectivity index (χ1v) is 13.4. The van der Waals surface area contributed by atoms with E-state index in [-0.39, 0.29) is 0 Å². The van der Waals surface area contributed by atoms with Crippen LogP contribution in [0.2, 0.25) is 0 Å². The van der Waals surface area contributed by atoms with Gasteiger partial charge in [-0.2, -0.15) is 5.10 Å². The van der Waals surface area contributed by atoms with Crippen molar-refractivity contribution in [1.82, 2.24) is 14.8 Å². The summed E-state index contributed by atoms with van der Waals surface area (Å²) in [6.07, 6.45) is 12.4. The summed E-state index contributed by atoms with van der Waals surface area (Å²) >= 11 is 0. The normalized spacial score (nSPS) is 15.1. The van der Waals surface area contributed by atoms with Gasteiger partial charge >= 0.3 is 0 Å². The molecule has 1 aliphatic rings. The number of fused-ring (bicyclic) bond motifs is 3. The van der Waals surface area contributed by atoms with E-state index in [1.807, 2.05) is 16.8 Å². The van der Waals surface area contributed by atoms with Crippen LogP contribution < -0.4 is 9.47 Å². The van der Waals surface area contributed by atoms with Crippen LogP contribution in [0.1, 0.15) is 68.2 Å². The Morgan fingerprint density at radius 2 is 1.36 bits per heavy atom. The molecule has 0 bridgehead atoms. The van der Waals surface area contributed by atoms with Crippen molar-refractivity contribution < 1.29 is 9.47 Å². The van der Waals surface area contributed by atoms with Gasteiger partial charge in [0.1, 0.15) is 0 Å². The zero-order valence-electron chi connectivity index (χ0n) is 21.8. The van der Waals surface area contributed by atoms with Crippen LogP contribution in [-0.4, -0.2) is 29.0 Å². The van der Waals surface area contributed by atoms with Gasteiger partial charge in [-0.25, -0.2) is 9.67 Å². The molecule has 2 aromatic carbocycles. The molecule has 0 unspecified atom stereocenters. The summed E-state index contributed by atoms with van der Waals surface area (Å²) in [6, 6.07) is 16.5. The van der Waals surface area contributed by atoms with Gasteiger partial charge in [-0.3, -0.25) is 0 Å². The van der Waals surface area contributed by atoms with Gasteiger partial charge in [-0.05, 0) is 74.1 Å². The number of pyridine rings is 1. The highest BCUT2D eigenvalue weighted by Gasteiger charge is 2.23. The average molecular weight is 484 g/mol. The van der Waals surface area contributed by atoms with Crippen molar-refractivity contribution in [3.8, 4) is 28.4 Å². The summed E-state index contributed by atoms with van der Waals surface area (Å²) in [5, 5.41) is 6.23. The number of nitrogens with zero attached hydrogens (tertiary/aromatic N) is 3. The van der Waals surface area contributed by atoms with Crippen LogP contribution in [0.4, 0.5) is 0 Å². The number of rotatable bonds is 4. The molecule has 0 amide bonds. The van der Waals surface area contributed by atoms with Crippen LogP contribution in [0.3, 0.4) is 0 Å². The molecule has 4 aromatic rings. The van der Waals surface area contributed by atoms with Crippen molar-refractivity contribution in [1.29, 1.82) is 0 Å². The molecule has 5 rings (SSSR count). The van der Waals surface area contributed by atoms with Crippen molar-refractivity contribution in [2.45, 2.75) is 71.1 Å². The molecule has 2 aromatic heterocycles. The first kappa shape index (κ1) is 24.4. The van der Waals surface area contributed by atoms with E-state index in [0.717, 1.165) is 52.6 Å². The highest BCUT2D eigenvalue weighted by atomic mass is 16.5. The second kappa shape index (κ2) is 11.2. The Kier molecular flexibility index (Phi) is 7.55. The lowest BCUT2D eigenvalue weighted by molar-refractivity contribution is 0.355. The van der Waals surface area contributed by atoms with E-state index in [2.05, 4.69) is 43.3 Å². The number of methoxy groups -OCH3 is 2. The minimum atomic E-state index is 0.728. The van der Waals surface area contributed by atoms with Gasteiger partial charge in [0.25, 0.3) is 0 Å². The van der Waals surface area contributed by atoms with Crippen LogP contribution in [-0.2, 0) is 12.8 Å². The molecule has 0 N–H and O–H groups in total. The van der Waals surface area contributed by atoms with Gasteiger partial charge < -0.3 is 9.47 Å². The van der Waals surface area contributed by atoms with E-state index in [0.29, 0.717) is 0 Å². The highest BCUT2D eigenvalue weighted by Crippen LogP contribution is 2.38. The molecule has 36 heavy (non-hydrogen) atoms. The molecular weight excluding hydrogens is 446 g/mol. The van der Waals surface area contributed by atoms with Gasteiger partial charge in [0.2, 0.25) is 0 Å². The van der Waals surface area contributed by atoms with E-state index in [1.165, 1.54) is 67.9 Å². The summed E-state index contributed by atoms with van der Waals surface area (Å²) in [4.78, 5) is 5.36. The fraction of sp³-hybridized carbons (Fsp3) is 0.419. The number of hydrogen-bond acceptors (Lipinski definition) is 4. The van der Waals surface area contributed by atoms with Crippen LogP contribution in [0.5, 0.6) is 11.5 Å². The number of para-hydroxylation sites is 1. The lowest BCUT2D eigenvalue weighted by Gasteiger charge is -2.19. The Balaban J connectivity index is 1.76. The molecule has 2 heterocycles. The molecule has 0 saturated heterocycles. The smallest absolute Gasteiger partial charge is 0.164 e. The number of hydrogen-bond donors (Lipinski definition) is 0. The fourth-order valence-electron chi connectivity index (χ4n) is 5.62. The van der Waals surface area contributed by atoms with Crippen LogP contribution >= 0.6 is 0 Å². The topological polar surface area (TPSA) is 49.2 Å². The Morgan fingerprint density at radius 3 is 2.03 bits per heavy atom. The largest absolute Gasteiger partial charge is 0.493 e. The predicted octanol–water partition coefficient (Wildman–Crippen LogP) is 7.63. The highest BCUT2D eigenvalue weighted by molar-refractivity contribution is 5.88. The van der Waals surface area contributed by atoms with Crippen LogP contribution in [0.25, 0.3) is 28.0 Å². The third-order valence-corrected chi connectivity index (χ3v) is 7.47. The van der Waals surface area contributed by atoms with E-state index in [9.17, 15) is 0 Å². The average Bonchev–Trinajstić information content (AvgIpc) is 3.24. The van der Waals surface area contributed by atoms with Crippen molar-refractivity contribution >= 4 is 11.0 Å². The lowest BCUT2D eigenvalue weighted by atomic mass is 9.89. The van der Waals surface area contributed by atoms with Gasteiger partial charge in [0.05, 0.1) is 31.3 Å². The third kappa shape index (κ3) is 4.84. The van der Waals surface area contributed by atoms with Crippen molar-refractivity contribution in [2.24, 2.45) is 0 Å². The van der Waals surface area contributed by atoms with E-state index in [4.69, 9.17) is 19.6 Å². The Morgan fingerprint density at radius 1 is 0.722 bits per heavy atom. The molecule has 188 valence electrons. The van der Waals surface area contributed by atoms with Gasteiger partial charge in [0.15, 0.2) is 17.1 Å². The monoisotopic (exact) mass is 483 g/mol. The molecule has 5 nitrogen and oxygen atoms in total. The molecule has 0 saturated carbocycles. The third-order valence-electron chi connectivity index (χ3n) is 7.47. The van der Waals surface area contributed by atoms with E-state index < -0.39 is 0 Å². The van der Waals surface area contributed by atoms with Crippen molar-refractivity contribution in [3.63, 3.8) is 0 Å². The molecular formula is C31H37N3O2. The first-order valence-electron chi connectivity index (χ1n) is 13.4. The maximum atomic E-state index is 5.67. The maximum absolute atomic E-state index is 5.67. The Hall–Kier alpha value is -3.34. The SMILES string of the molecule is COc1ccc(-c2nc3c(c(C)nn3-c3ccccc3)c3c2CCCCCCCCCC3)cc1OC. The minimum absolute atomic E-state index is 0.728. The first-order chi connectivity index (χ1) is 17.7. The molecule has 1 aliphatic carbocycles. The molecule has 0 aliphatic heterocycles. The minimum Gasteiger partial charge on any atom is -0.493 e. The molecule has 5 heteroatoms. The van der Waals surface area contributed by atoms with Crippen molar-refractivity contribution in [3.05, 3.63) is 65.4 Å². The van der Waals surface area contributed by atoms with Gasteiger partial charge in [0, 0.05) is 10.9 Å². The summed E-state index contributed by atoms with van der Waals surface area (Å²) in [5.74, 6) is 1.46. The van der Waals surface area contributed by atoms with E-state index >= 15 is 0 Å². The molecule has 0 fully saturated rings. The number of aromatic nitrogens is 3. The van der Waals surface area contributed by atoms with Crippen LogP contribution in [0.15, 0.2) is 48.5 Å². The summed E-state index contributed by atoms with van der Waals surface area (Å²) in [7, 11) is 3.37. The zero-order valence-corrected chi connectivity index (χ0v) is 21.8. The number of ether oxygens (including phenoxy) is 2. The van der Waals surface area contributed by atoms with Gasteiger partial charge in [-0.15, -0.1) is 0 Å². The quantitative estimate of drug-likeness (QED) is 0.299. The predicted molar refractivity (Wildman–Crippen MR) is 146 cm³/mol. The second-order valence-electron chi connectivity index (χ2n) is 9.85. The van der Waals surface area contributed by atoms with Crippen LogP contribution in [0, 0.1) is 6.92 Å². The molecule has 0 atom stereocenters. The second-order valence-corrected chi connectivity index (χ2v) is 9.85. The fourth-order valence-corrected chi connectivity index (χ4v) is 5.62. The van der Waals surface area contributed by atoms with Crippen molar-refractivity contribution in [2.75, 3.05) is 14.2 Å². The molecule has 0 spiro atoms. The standard InChI is InChI=1S/C31H37N3O2/c1-22-29-25-17-13-8-6-4-5-7-9-14-18-26(25)30(23-19-20-27(35-2)28(21-23)36-3)32-31(29)34(33-22)24-15-11-10-12-16-24/h10-12,15-16,19-21H,4-9,13-14,17-18H2,1-3H3. The number of benzene rings is 2. The maximum Gasteiger partial charge on any atom is 0.164 e. The summed E-state index contributed by atoms with van der Waals surface area (Å²) in [6.45, 7) is 2.13. The lowest BCUT2D eigenvalue weighted by Crippen LogP contribution is -2.06. The molecule has 0 radical (unpaired) electrons. The zero-order chi connectivity index (χ0) is 24.9. The van der Waals surface area contributed by atoms with Gasteiger partial charge in [-0.1, -0.05) is 56.7 Å². The summed E-state index contributed by atoms with van der Waals surface area (Å²) < 4.78 is 13.2. The number of aryl methyl sites for hydroxylation is 2. The summed E-state index contributed by atoms with van der Waals surface area (Å²) in [5.41, 5.74) is 7.97. The Labute approximate surface area is 214 Å².